The number of rotatable bonds is 4. The van der Waals surface area contributed by atoms with Gasteiger partial charge in [-0.3, -0.25) is 0 Å². The Bertz CT molecular complexity index is 445. The fourth-order valence-corrected chi connectivity index (χ4v) is 1.78. The Morgan fingerprint density at radius 2 is 2.00 bits per heavy atom. The van der Waals surface area contributed by atoms with Gasteiger partial charge >= 0.3 is 5.97 Å². The summed E-state index contributed by atoms with van der Waals surface area (Å²) >= 11 is 0. The van der Waals surface area contributed by atoms with Crippen molar-refractivity contribution in [3.05, 3.63) is 28.8 Å². The molecule has 0 amide bonds. The summed E-state index contributed by atoms with van der Waals surface area (Å²) in [5.74, 6) is -0.858. The number of benzene rings is 1. The molecule has 0 saturated heterocycles. The number of hydrogen-bond donors (Lipinski definition) is 3. The molecule has 2 unspecified atom stereocenters. The zero-order valence-corrected chi connectivity index (χ0v) is 10.8. The van der Waals surface area contributed by atoms with Gasteiger partial charge in [-0.1, -0.05) is 17.7 Å². The predicted octanol–water partition coefficient (Wildman–Crippen LogP) is 0.843. The predicted molar refractivity (Wildman–Crippen MR) is 67.9 cm³/mol. The SMILES string of the molecule is CCOC(=O)C(O)C(O)c1cc(C)cc(C)c1N. The lowest BCUT2D eigenvalue weighted by Crippen LogP contribution is -2.30. The lowest BCUT2D eigenvalue weighted by Gasteiger charge is -2.19. The van der Waals surface area contributed by atoms with Crippen LogP contribution in [0.2, 0.25) is 0 Å². The number of nitrogens with two attached hydrogens (primary N) is 1. The minimum atomic E-state index is -1.63. The van der Waals surface area contributed by atoms with Gasteiger partial charge in [-0.2, -0.15) is 0 Å². The first-order chi connectivity index (χ1) is 8.38. The number of carbonyl (C=O) groups is 1. The Labute approximate surface area is 106 Å². The molecule has 100 valence electrons. The van der Waals surface area contributed by atoms with E-state index >= 15 is 0 Å². The Hall–Kier alpha value is -1.59. The molecule has 0 aliphatic heterocycles. The number of carbonyl (C=O) groups excluding carboxylic acids is 1. The number of aryl methyl sites for hydroxylation is 2. The lowest BCUT2D eigenvalue weighted by atomic mass is 9.97. The maximum absolute atomic E-state index is 11.4. The molecule has 0 fully saturated rings. The zero-order valence-electron chi connectivity index (χ0n) is 10.8. The van der Waals surface area contributed by atoms with Crippen molar-refractivity contribution in [2.45, 2.75) is 33.0 Å². The molecule has 0 bridgehead atoms. The van der Waals surface area contributed by atoms with Crippen LogP contribution in [-0.4, -0.2) is 28.9 Å². The number of ether oxygens (including phenoxy) is 1. The van der Waals surface area contributed by atoms with Gasteiger partial charge in [-0.05, 0) is 26.3 Å². The number of esters is 1. The summed E-state index contributed by atoms with van der Waals surface area (Å²) in [5.41, 5.74) is 8.24. The largest absolute Gasteiger partial charge is 0.464 e. The molecule has 0 radical (unpaired) electrons. The molecule has 0 aromatic heterocycles. The highest BCUT2D eigenvalue weighted by atomic mass is 16.5. The van der Waals surface area contributed by atoms with Gasteiger partial charge in [0.15, 0.2) is 6.10 Å². The standard InChI is InChI=1S/C13H19NO4/c1-4-18-13(17)12(16)11(15)9-6-7(2)5-8(3)10(9)14/h5-6,11-12,15-16H,4,14H2,1-3H3. The number of hydrogen-bond acceptors (Lipinski definition) is 5. The highest BCUT2D eigenvalue weighted by Crippen LogP contribution is 2.27. The van der Waals surface area contributed by atoms with Gasteiger partial charge in [-0.25, -0.2) is 4.79 Å². The molecule has 5 nitrogen and oxygen atoms in total. The second-order valence-corrected chi connectivity index (χ2v) is 4.23. The number of aliphatic hydroxyl groups excluding tert-OH is 2. The summed E-state index contributed by atoms with van der Waals surface area (Å²) in [5, 5.41) is 19.7. The molecular formula is C13H19NO4. The van der Waals surface area contributed by atoms with E-state index in [0.29, 0.717) is 11.3 Å². The fourth-order valence-electron chi connectivity index (χ4n) is 1.78. The first-order valence-electron chi connectivity index (χ1n) is 5.77. The highest BCUT2D eigenvalue weighted by Gasteiger charge is 2.28. The van der Waals surface area contributed by atoms with Crippen LogP contribution in [0.1, 0.15) is 29.7 Å². The average molecular weight is 253 g/mol. The van der Waals surface area contributed by atoms with Crippen molar-refractivity contribution >= 4 is 11.7 Å². The summed E-state index contributed by atoms with van der Waals surface area (Å²) < 4.78 is 4.66. The Kier molecular flexibility index (Phi) is 4.69. The normalized spacial score (nSPS) is 14.1. The van der Waals surface area contributed by atoms with Crippen molar-refractivity contribution in [1.29, 1.82) is 0 Å². The molecular weight excluding hydrogens is 234 g/mol. The number of anilines is 1. The van der Waals surface area contributed by atoms with Gasteiger partial charge in [0.1, 0.15) is 6.10 Å². The van der Waals surface area contributed by atoms with E-state index < -0.39 is 18.2 Å². The van der Waals surface area contributed by atoms with Gasteiger partial charge in [0.2, 0.25) is 0 Å². The molecule has 5 heteroatoms. The molecule has 0 aliphatic rings. The minimum Gasteiger partial charge on any atom is -0.464 e. The van der Waals surface area contributed by atoms with E-state index in [4.69, 9.17) is 5.73 Å². The van der Waals surface area contributed by atoms with E-state index in [1.165, 1.54) is 0 Å². The van der Waals surface area contributed by atoms with Crippen LogP contribution in [0.3, 0.4) is 0 Å². The molecule has 1 aromatic carbocycles. The van der Waals surface area contributed by atoms with Crippen molar-refractivity contribution in [3.8, 4) is 0 Å². The van der Waals surface area contributed by atoms with Crippen LogP contribution >= 0.6 is 0 Å². The number of nitrogen functional groups attached to an aromatic ring is 1. The monoisotopic (exact) mass is 253 g/mol. The summed E-state index contributed by atoms with van der Waals surface area (Å²) in [4.78, 5) is 11.4. The Morgan fingerprint density at radius 3 is 2.56 bits per heavy atom. The summed E-state index contributed by atoms with van der Waals surface area (Å²) in [6.45, 7) is 5.42. The number of aliphatic hydroxyl groups is 2. The van der Waals surface area contributed by atoms with E-state index in [-0.39, 0.29) is 6.61 Å². The maximum atomic E-state index is 11.4. The van der Waals surface area contributed by atoms with E-state index in [0.717, 1.165) is 11.1 Å². The quantitative estimate of drug-likeness (QED) is 0.546. The van der Waals surface area contributed by atoms with Gasteiger partial charge in [0, 0.05) is 11.3 Å². The van der Waals surface area contributed by atoms with Crippen molar-refractivity contribution in [2.24, 2.45) is 0 Å². The smallest absolute Gasteiger partial charge is 0.338 e. The lowest BCUT2D eigenvalue weighted by molar-refractivity contribution is -0.159. The topological polar surface area (TPSA) is 92.8 Å². The highest BCUT2D eigenvalue weighted by molar-refractivity contribution is 5.76. The van der Waals surface area contributed by atoms with Crippen molar-refractivity contribution in [1.82, 2.24) is 0 Å². The molecule has 0 saturated carbocycles. The van der Waals surface area contributed by atoms with E-state index in [1.807, 2.05) is 13.0 Å². The molecule has 4 N–H and O–H groups in total. The van der Waals surface area contributed by atoms with Crippen LogP contribution in [0.15, 0.2) is 12.1 Å². The zero-order chi connectivity index (χ0) is 13.9. The third-order valence-electron chi connectivity index (χ3n) is 2.71. The first-order valence-corrected chi connectivity index (χ1v) is 5.77. The first kappa shape index (κ1) is 14.5. The van der Waals surface area contributed by atoms with E-state index in [1.54, 1.807) is 19.9 Å². The second kappa shape index (κ2) is 5.84. The van der Waals surface area contributed by atoms with Gasteiger partial charge in [0.05, 0.1) is 6.61 Å². The van der Waals surface area contributed by atoms with E-state index in [2.05, 4.69) is 4.74 Å². The van der Waals surface area contributed by atoms with Crippen LogP contribution in [0.25, 0.3) is 0 Å². The van der Waals surface area contributed by atoms with E-state index in [9.17, 15) is 15.0 Å². The third-order valence-corrected chi connectivity index (χ3v) is 2.71. The Morgan fingerprint density at radius 1 is 1.39 bits per heavy atom. The Balaban J connectivity index is 3.03. The summed E-state index contributed by atoms with van der Waals surface area (Å²) in [6.07, 6.45) is -3.02. The van der Waals surface area contributed by atoms with Crippen molar-refractivity contribution in [2.75, 3.05) is 12.3 Å². The molecule has 0 aliphatic carbocycles. The molecule has 1 aromatic rings. The van der Waals surface area contributed by atoms with Crippen LogP contribution in [0.4, 0.5) is 5.69 Å². The van der Waals surface area contributed by atoms with Gasteiger partial charge in [0.25, 0.3) is 0 Å². The van der Waals surface area contributed by atoms with Crippen LogP contribution in [-0.2, 0) is 9.53 Å². The second-order valence-electron chi connectivity index (χ2n) is 4.23. The molecule has 1 rings (SSSR count). The van der Waals surface area contributed by atoms with Crippen molar-refractivity contribution in [3.63, 3.8) is 0 Å². The van der Waals surface area contributed by atoms with Crippen LogP contribution in [0, 0.1) is 13.8 Å². The van der Waals surface area contributed by atoms with Crippen LogP contribution < -0.4 is 5.73 Å². The van der Waals surface area contributed by atoms with Gasteiger partial charge in [-0.15, -0.1) is 0 Å². The van der Waals surface area contributed by atoms with Crippen LogP contribution in [0.5, 0.6) is 0 Å². The third kappa shape index (κ3) is 3.00. The maximum Gasteiger partial charge on any atom is 0.338 e. The van der Waals surface area contributed by atoms with Crippen molar-refractivity contribution < 1.29 is 19.7 Å². The molecule has 0 heterocycles. The minimum absolute atomic E-state index is 0.144. The molecule has 0 spiro atoms. The summed E-state index contributed by atoms with van der Waals surface area (Å²) in [6, 6.07) is 3.51. The molecule has 18 heavy (non-hydrogen) atoms. The summed E-state index contributed by atoms with van der Waals surface area (Å²) in [7, 11) is 0. The fraction of sp³-hybridized carbons (Fsp3) is 0.462. The van der Waals surface area contributed by atoms with Gasteiger partial charge < -0.3 is 20.7 Å². The average Bonchev–Trinajstić information content (AvgIpc) is 2.32. The molecule has 2 atom stereocenters.